The number of hydrogen-bond acceptors (Lipinski definition) is 3. The molecule has 3 rings (SSSR count). The van der Waals surface area contributed by atoms with Crippen LogP contribution >= 0.6 is 15.9 Å². The van der Waals surface area contributed by atoms with Crippen LogP contribution in [0.3, 0.4) is 0 Å². The molecule has 0 spiro atoms. The fourth-order valence-electron chi connectivity index (χ4n) is 2.61. The van der Waals surface area contributed by atoms with Crippen molar-refractivity contribution in [2.45, 2.75) is 6.10 Å². The van der Waals surface area contributed by atoms with Gasteiger partial charge in [-0.25, -0.2) is 4.79 Å². The summed E-state index contributed by atoms with van der Waals surface area (Å²) in [6.45, 7) is 3.59. The molecule has 3 nitrogen and oxygen atoms in total. The van der Waals surface area contributed by atoms with Crippen LogP contribution < -0.4 is 0 Å². The molecular formula is C27H19BrO3. The van der Waals surface area contributed by atoms with Crippen molar-refractivity contribution in [3.8, 4) is 23.7 Å². The lowest BCUT2D eigenvalue weighted by Gasteiger charge is -2.14. The van der Waals surface area contributed by atoms with Crippen LogP contribution in [0.25, 0.3) is 0 Å². The lowest BCUT2D eigenvalue weighted by Crippen LogP contribution is -2.13. The van der Waals surface area contributed by atoms with Crippen LogP contribution in [0.4, 0.5) is 4.79 Å². The van der Waals surface area contributed by atoms with E-state index < -0.39 is 12.3 Å². The van der Waals surface area contributed by atoms with Gasteiger partial charge in [0.05, 0.1) is 0 Å². The molecule has 0 aliphatic carbocycles. The van der Waals surface area contributed by atoms with Crippen molar-refractivity contribution in [3.63, 3.8) is 0 Å². The summed E-state index contributed by atoms with van der Waals surface area (Å²) in [6, 6.07) is 24.7. The number of ether oxygens (including phenoxy) is 2. The van der Waals surface area contributed by atoms with Crippen LogP contribution in [0.15, 0.2) is 96.0 Å². The monoisotopic (exact) mass is 470 g/mol. The Bertz CT molecular complexity index is 1160. The Morgan fingerprint density at radius 3 is 2.32 bits per heavy atom. The Hall–Kier alpha value is -3.73. The van der Waals surface area contributed by atoms with Gasteiger partial charge in [-0.15, -0.1) is 0 Å². The third-order valence-electron chi connectivity index (χ3n) is 4.08. The average Bonchev–Trinajstić information content (AvgIpc) is 2.81. The number of carbonyl (C=O) groups is 1. The molecule has 3 aromatic rings. The van der Waals surface area contributed by atoms with Crippen LogP contribution in [0.1, 0.15) is 28.4 Å². The first-order valence-corrected chi connectivity index (χ1v) is 10.3. The van der Waals surface area contributed by atoms with Crippen molar-refractivity contribution < 1.29 is 14.3 Å². The quantitative estimate of drug-likeness (QED) is 0.255. The normalized spacial score (nSPS) is 10.5. The number of halogens is 1. The van der Waals surface area contributed by atoms with Crippen LogP contribution in [0.5, 0.6) is 0 Å². The summed E-state index contributed by atoms with van der Waals surface area (Å²) in [5.41, 5.74) is 3.09. The number of benzene rings is 3. The molecular weight excluding hydrogens is 452 g/mol. The van der Waals surface area contributed by atoms with Crippen molar-refractivity contribution >= 4 is 22.1 Å². The largest absolute Gasteiger partial charge is 0.510 e. The summed E-state index contributed by atoms with van der Waals surface area (Å²) >= 11 is 3.41. The standard InChI is InChI=1S/C27H19BrO3/c1-2-20-30-27(29)31-26(19-15-22-13-17-24(28)18-14-22)25-11-7-6-10-23(25)16-12-21-8-4-3-5-9-21/h2-11,13-14,17-18,26H,1,20H2. The summed E-state index contributed by atoms with van der Waals surface area (Å²) in [5, 5.41) is 0. The van der Waals surface area contributed by atoms with Crippen LogP contribution in [-0.2, 0) is 9.47 Å². The number of carbonyl (C=O) groups excluding carboxylic acids is 1. The van der Waals surface area contributed by atoms with E-state index in [9.17, 15) is 4.79 Å². The van der Waals surface area contributed by atoms with Crippen molar-refractivity contribution in [3.05, 3.63) is 118 Å². The second kappa shape index (κ2) is 11.5. The highest BCUT2D eigenvalue weighted by molar-refractivity contribution is 9.10. The molecule has 0 heterocycles. The maximum atomic E-state index is 12.1. The first-order valence-electron chi connectivity index (χ1n) is 9.53. The van der Waals surface area contributed by atoms with Gasteiger partial charge in [0.1, 0.15) is 6.61 Å². The van der Waals surface area contributed by atoms with Gasteiger partial charge in [-0.05, 0) is 48.4 Å². The maximum Gasteiger partial charge on any atom is 0.510 e. The van der Waals surface area contributed by atoms with Gasteiger partial charge in [0.15, 0.2) is 6.10 Å². The molecule has 1 unspecified atom stereocenters. The highest BCUT2D eigenvalue weighted by atomic mass is 79.9. The predicted molar refractivity (Wildman–Crippen MR) is 125 cm³/mol. The Morgan fingerprint density at radius 1 is 0.903 bits per heavy atom. The minimum Gasteiger partial charge on any atom is -0.430 e. The van der Waals surface area contributed by atoms with Gasteiger partial charge in [-0.1, -0.05) is 82.7 Å². The van der Waals surface area contributed by atoms with Gasteiger partial charge >= 0.3 is 6.16 Å². The molecule has 0 saturated heterocycles. The fraction of sp³-hybridized carbons (Fsp3) is 0.0741. The summed E-state index contributed by atoms with van der Waals surface area (Å²) < 4.78 is 11.5. The van der Waals surface area contributed by atoms with E-state index in [1.165, 1.54) is 6.08 Å². The van der Waals surface area contributed by atoms with E-state index in [2.05, 4.69) is 46.2 Å². The topological polar surface area (TPSA) is 35.5 Å². The molecule has 0 fully saturated rings. The van der Waals surface area contributed by atoms with E-state index in [1.807, 2.05) is 78.9 Å². The summed E-state index contributed by atoms with van der Waals surface area (Å²) in [5.74, 6) is 12.4. The van der Waals surface area contributed by atoms with Crippen LogP contribution in [0.2, 0.25) is 0 Å². The van der Waals surface area contributed by atoms with Crippen molar-refractivity contribution in [2.75, 3.05) is 6.61 Å². The molecule has 0 N–H and O–H groups in total. The molecule has 4 heteroatoms. The predicted octanol–water partition coefficient (Wildman–Crippen LogP) is 6.28. The van der Waals surface area contributed by atoms with Gasteiger partial charge in [0.2, 0.25) is 0 Å². The van der Waals surface area contributed by atoms with E-state index in [1.54, 1.807) is 0 Å². The second-order valence-corrected chi connectivity index (χ2v) is 7.24. The summed E-state index contributed by atoms with van der Waals surface area (Å²) in [7, 11) is 0. The molecule has 152 valence electrons. The van der Waals surface area contributed by atoms with Gasteiger partial charge < -0.3 is 9.47 Å². The Morgan fingerprint density at radius 2 is 1.58 bits per heavy atom. The van der Waals surface area contributed by atoms with Gasteiger partial charge in [-0.2, -0.15) is 0 Å². The van der Waals surface area contributed by atoms with E-state index in [4.69, 9.17) is 9.47 Å². The van der Waals surface area contributed by atoms with E-state index >= 15 is 0 Å². The molecule has 0 aliphatic rings. The Balaban J connectivity index is 1.95. The number of rotatable bonds is 4. The third-order valence-corrected chi connectivity index (χ3v) is 4.61. The SMILES string of the molecule is C=CCOC(=O)OC(C#Cc1ccc(Br)cc1)c1ccccc1C#Cc1ccccc1. The first-order chi connectivity index (χ1) is 15.2. The zero-order valence-corrected chi connectivity index (χ0v) is 18.3. The van der Waals surface area contributed by atoms with Gasteiger partial charge in [0, 0.05) is 26.7 Å². The van der Waals surface area contributed by atoms with E-state index in [-0.39, 0.29) is 6.61 Å². The van der Waals surface area contributed by atoms with Crippen molar-refractivity contribution in [1.29, 1.82) is 0 Å². The molecule has 0 saturated carbocycles. The highest BCUT2D eigenvalue weighted by Gasteiger charge is 2.18. The van der Waals surface area contributed by atoms with Crippen molar-refractivity contribution in [2.24, 2.45) is 0 Å². The molecule has 3 aromatic carbocycles. The molecule has 31 heavy (non-hydrogen) atoms. The lowest BCUT2D eigenvalue weighted by molar-refractivity contribution is 0.0464. The molecule has 0 aromatic heterocycles. The van der Waals surface area contributed by atoms with Crippen molar-refractivity contribution in [1.82, 2.24) is 0 Å². The van der Waals surface area contributed by atoms with E-state index in [0.717, 1.165) is 21.2 Å². The molecule has 0 amide bonds. The molecule has 0 radical (unpaired) electrons. The molecule has 0 bridgehead atoms. The average molecular weight is 471 g/mol. The molecule has 1 atom stereocenters. The minimum absolute atomic E-state index is 0.0567. The highest BCUT2D eigenvalue weighted by Crippen LogP contribution is 2.22. The summed E-state index contributed by atoms with van der Waals surface area (Å²) in [6.07, 6.45) is -0.189. The van der Waals surface area contributed by atoms with Gasteiger partial charge in [-0.3, -0.25) is 0 Å². The fourth-order valence-corrected chi connectivity index (χ4v) is 2.87. The van der Waals surface area contributed by atoms with E-state index in [0.29, 0.717) is 5.56 Å². The second-order valence-electron chi connectivity index (χ2n) is 6.33. The maximum absolute atomic E-state index is 12.1. The molecule has 0 aliphatic heterocycles. The third kappa shape index (κ3) is 6.93. The van der Waals surface area contributed by atoms with Crippen LogP contribution in [-0.4, -0.2) is 12.8 Å². The minimum atomic E-state index is -0.845. The Labute approximate surface area is 190 Å². The van der Waals surface area contributed by atoms with Gasteiger partial charge in [0.25, 0.3) is 0 Å². The zero-order valence-electron chi connectivity index (χ0n) is 16.7. The zero-order chi connectivity index (χ0) is 21.9. The number of hydrogen-bond donors (Lipinski definition) is 0. The summed E-state index contributed by atoms with van der Waals surface area (Å²) in [4.78, 5) is 12.1. The Kier molecular flexibility index (Phi) is 8.12. The lowest BCUT2D eigenvalue weighted by atomic mass is 10.0. The van der Waals surface area contributed by atoms with Crippen LogP contribution in [0, 0.1) is 23.7 Å². The first kappa shape index (κ1) is 22.0. The smallest absolute Gasteiger partial charge is 0.430 e.